The summed E-state index contributed by atoms with van der Waals surface area (Å²) < 4.78 is 5.50. The van der Waals surface area contributed by atoms with Gasteiger partial charge in [-0.2, -0.15) is 0 Å². The van der Waals surface area contributed by atoms with E-state index in [2.05, 4.69) is 12.1 Å². The van der Waals surface area contributed by atoms with Crippen molar-refractivity contribution in [1.82, 2.24) is 9.80 Å². The van der Waals surface area contributed by atoms with Crippen LogP contribution >= 0.6 is 0 Å². The standard InChI is InChI=1S/C23H29N3O4/c27-21-14-18(15-26(21)19-7-6-16-3-1-4-17(16)13-19)22(28)24-8-10-25(11-9-24)23(29)20-5-2-12-30-20/h6-7,13,18,20H,1-5,8-12,14-15H2. The second kappa shape index (κ2) is 8.02. The zero-order valence-corrected chi connectivity index (χ0v) is 17.3. The molecular formula is C23H29N3O4. The van der Waals surface area contributed by atoms with E-state index >= 15 is 0 Å². The normalized spacial score (nSPS) is 26.4. The highest BCUT2D eigenvalue weighted by Crippen LogP contribution is 2.31. The van der Waals surface area contributed by atoms with Gasteiger partial charge in [-0.05, 0) is 55.4 Å². The summed E-state index contributed by atoms with van der Waals surface area (Å²) >= 11 is 0. The second-order valence-electron chi connectivity index (χ2n) is 8.86. The third-order valence-electron chi connectivity index (χ3n) is 6.98. The highest BCUT2D eigenvalue weighted by molar-refractivity contribution is 6.00. The molecule has 7 heteroatoms. The molecule has 0 spiro atoms. The minimum atomic E-state index is -0.305. The lowest BCUT2D eigenvalue weighted by molar-refractivity contribution is -0.147. The van der Waals surface area contributed by atoms with E-state index in [1.54, 1.807) is 4.90 Å². The van der Waals surface area contributed by atoms with Gasteiger partial charge in [0.15, 0.2) is 0 Å². The summed E-state index contributed by atoms with van der Waals surface area (Å²) in [5.41, 5.74) is 3.64. The van der Waals surface area contributed by atoms with Gasteiger partial charge in [-0.15, -0.1) is 0 Å². The summed E-state index contributed by atoms with van der Waals surface area (Å²) in [6.45, 7) is 3.25. The molecule has 3 heterocycles. The maximum atomic E-state index is 13.1. The molecule has 4 aliphatic rings. The van der Waals surface area contributed by atoms with Crippen LogP contribution < -0.4 is 4.90 Å². The van der Waals surface area contributed by atoms with Crippen molar-refractivity contribution in [3.05, 3.63) is 29.3 Å². The summed E-state index contributed by atoms with van der Waals surface area (Å²) in [7, 11) is 0. The van der Waals surface area contributed by atoms with Gasteiger partial charge < -0.3 is 19.4 Å². The number of amides is 3. The Hall–Kier alpha value is -2.41. The zero-order valence-electron chi connectivity index (χ0n) is 17.3. The second-order valence-corrected chi connectivity index (χ2v) is 8.86. The van der Waals surface area contributed by atoms with Gasteiger partial charge >= 0.3 is 0 Å². The Morgan fingerprint density at radius 1 is 0.933 bits per heavy atom. The van der Waals surface area contributed by atoms with E-state index < -0.39 is 0 Å². The summed E-state index contributed by atoms with van der Waals surface area (Å²) in [5.74, 6) is -0.181. The number of anilines is 1. The minimum Gasteiger partial charge on any atom is -0.368 e. The van der Waals surface area contributed by atoms with Gasteiger partial charge in [-0.1, -0.05) is 6.07 Å². The average Bonchev–Trinajstić information content (AvgIpc) is 3.53. The Morgan fingerprint density at radius 2 is 1.67 bits per heavy atom. The van der Waals surface area contributed by atoms with Crippen LogP contribution in [0.3, 0.4) is 0 Å². The Labute approximate surface area is 176 Å². The molecule has 0 bridgehead atoms. The molecule has 3 aliphatic heterocycles. The van der Waals surface area contributed by atoms with E-state index in [1.165, 1.54) is 17.5 Å². The van der Waals surface area contributed by atoms with Crippen LogP contribution in [0.2, 0.25) is 0 Å². The van der Waals surface area contributed by atoms with Crippen LogP contribution in [0.1, 0.15) is 36.8 Å². The summed E-state index contributed by atoms with van der Waals surface area (Å²) in [6.07, 6.45) is 5.06. The monoisotopic (exact) mass is 411 g/mol. The van der Waals surface area contributed by atoms with Gasteiger partial charge in [0.25, 0.3) is 5.91 Å². The Balaban J connectivity index is 1.18. The van der Waals surface area contributed by atoms with Crippen molar-refractivity contribution in [2.75, 3.05) is 44.2 Å². The van der Waals surface area contributed by atoms with E-state index in [1.807, 2.05) is 15.9 Å². The van der Waals surface area contributed by atoms with Crippen molar-refractivity contribution < 1.29 is 19.1 Å². The van der Waals surface area contributed by atoms with Crippen molar-refractivity contribution in [2.24, 2.45) is 5.92 Å². The molecule has 2 atom stereocenters. The van der Waals surface area contributed by atoms with E-state index in [0.717, 1.165) is 31.4 Å². The molecule has 0 N–H and O–H groups in total. The molecule has 0 aromatic heterocycles. The first kappa shape index (κ1) is 19.5. The van der Waals surface area contributed by atoms with Crippen LogP contribution in [0.5, 0.6) is 0 Å². The predicted octanol–water partition coefficient (Wildman–Crippen LogP) is 1.38. The number of benzene rings is 1. The number of aryl methyl sites for hydroxylation is 2. The lowest BCUT2D eigenvalue weighted by Crippen LogP contribution is -2.54. The molecule has 30 heavy (non-hydrogen) atoms. The smallest absolute Gasteiger partial charge is 0.251 e. The number of hydrogen-bond acceptors (Lipinski definition) is 4. The molecule has 3 amide bonds. The quantitative estimate of drug-likeness (QED) is 0.754. The SMILES string of the molecule is O=C(C1CC(=O)N(c2ccc3c(c2)CCC3)C1)N1CCN(C(=O)C2CCCO2)CC1. The lowest BCUT2D eigenvalue weighted by Gasteiger charge is -2.36. The minimum absolute atomic E-state index is 0.0264. The van der Waals surface area contributed by atoms with Crippen LogP contribution in [0.25, 0.3) is 0 Å². The van der Waals surface area contributed by atoms with E-state index in [9.17, 15) is 14.4 Å². The summed E-state index contributed by atoms with van der Waals surface area (Å²) in [4.78, 5) is 43.6. The van der Waals surface area contributed by atoms with Gasteiger partial charge in [0.2, 0.25) is 11.8 Å². The number of hydrogen-bond donors (Lipinski definition) is 0. The van der Waals surface area contributed by atoms with Crippen molar-refractivity contribution in [2.45, 2.75) is 44.6 Å². The summed E-state index contributed by atoms with van der Waals surface area (Å²) in [5, 5.41) is 0. The van der Waals surface area contributed by atoms with Crippen molar-refractivity contribution >= 4 is 23.4 Å². The first-order valence-electron chi connectivity index (χ1n) is 11.2. The number of fused-ring (bicyclic) bond motifs is 1. The largest absolute Gasteiger partial charge is 0.368 e. The molecule has 0 saturated carbocycles. The maximum absolute atomic E-state index is 13.1. The molecule has 2 unspecified atom stereocenters. The molecule has 1 aromatic rings. The van der Waals surface area contributed by atoms with Gasteiger partial charge in [0, 0.05) is 51.4 Å². The average molecular weight is 412 g/mol. The fraction of sp³-hybridized carbons (Fsp3) is 0.609. The predicted molar refractivity (Wildman–Crippen MR) is 111 cm³/mol. The third kappa shape index (κ3) is 3.60. The molecule has 1 aliphatic carbocycles. The van der Waals surface area contributed by atoms with Crippen LogP contribution in [0.15, 0.2) is 18.2 Å². The first-order valence-corrected chi connectivity index (χ1v) is 11.2. The maximum Gasteiger partial charge on any atom is 0.251 e. The van der Waals surface area contributed by atoms with Crippen LogP contribution in [0.4, 0.5) is 5.69 Å². The summed E-state index contributed by atoms with van der Waals surface area (Å²) in [6, 6.07) is 6.28. The van der Waals surface area contributed by atoms with Crippen LogP contribution in [-0.4, -0.2) is 73.0 Å². The number of carbonyl (C=O) groups excluding carboxylic acids is 3. The van der Waals surface area contributed by atoms with Crippen LogP contribution in [0, 0.1) is 5.92 Å². The number of nitrogens with zero attached hydrogens (tertiary/aromatic N) is 3. The van der Waals surface area contributed by atoms with E-state index in [-0.39, 0.29) is 36.2 Å². The Kier molecular flexibility index (Phi) is 5.23. The van der Waals surface area contributed by atoms with Gasteiger partial charge in [-0.3, -0.25) is 14.4 Å². The highest BCUT2D eigenvalue weighted by Gasteiger charge is 2.39. The Morgan fingerprint density at radius 3 is 2.40 bits per heavy atom. The van der Waals surface area contributed by atoms with Crippen molar-refractivity contribution in [1.29, 1.82) is 0 Å². The topological polar surface area (TPSA) is 70.2 Å². The number of rotatable bonds is 3. The zero-order chi connectivity index (χ0) is 20.7. The van der Waals surface area contributed by atoms with Crippen molar-refractivity contribution in [3.63, 3.8) is 0 Å². The molecule has 160 valence electrons. The van der Waals surface area contributed by atoms with Gasteiger partial charge in [-0.25, -0.2) is 0 Å². The molecule has 3 saturated heterocycles. The Bertz CT molecular complexity index is 856. The third-order valence-corrected chi connectivity index (χ3v) is 6.98. The molecule has 5 rings (SSSR count). The fourth-order valence-corrected chi connectivity index (χ4v) is 5.23. The number of ether oxygens (including phenoxy) is 1. The number of carbonyl (C=O) groups is 3. The van der Waals surface area contributed by atoms with E-state index in [4.69, 9.17) is 4.74 Å². The lowest BCUT2D eigenvalue weighted by atomic mass is 10.1. The van der Waals surface area contributed by atoms with Gasteiger partial charge in [0.05, 0.1) is 5.92 Å². The fourth-order valence-electron chi connectivity index (χ4n) is 5.23. The van der Waals surface area contributed by atoms with Crippen molar-refractivity contribution in [3.8, 4) is 0 Å². The molecule has 7 nitrogen and oxygen atoms in total. The van der Waals surface area contributed by atoms with Gasteiger partial charge in [0.1, 0.15) is 6.10 Å². The first-order chi connectivity index (χ1) is 14.6. The molecule has 3 fully saturated rings. The molecular weight excluding hydrogens is 382 g/mol. The van der Waals surface area contributed by atoms with Crippen LogP contribution in [-0.2, 0) is 32.0 Å². The molecule has 0 radical (unpaired) electrons. The molecule has 1 aromatic carbocycles. The highest BCUT2D eigenvalue weighted by atomic mass is 16.5. The number of piperazine rings is 1. The van der Waals surface area contributed by atoms with E-state index in [0.29, 0.717) is 39.3 Å².